The molecule has 0 aliphatic carbocycles. The lowest BCUT2D eigenvalue weighted by molar-refractivity contribution is 0.155. The zero-order valence-electron chi connectivity index (χ0n) is 15.2. The van der Waals surface area contributed by atoms with Gasteiger partial charge in [0.2, 0.25) is 5.56 Å². The molecule has 134 valence electrons. The number of H-pyrrole nitrogens is 1. The fourth-order valence-corrected chi connectivity index (χ4v) is 3.74. The number of piperidine rings is 1. The van der Waals surface area contributed by atoms with Crippen LogP contribution in [0.4, 0.5) is 0 Å². The van der Waals surface area contributed by atoms with Crippen molar-refractivity contribution in [3.63, 3.8) is 0 Å². The monoisotopic (exact) mass is 340 g/mol. The molecule has 25 heavy (non-hydrogen) atoms. The third kappa shape index (κ3) is 4.73. The Morgan fingerprint density at radius 1 is 1.20 bits per heavy atom. The molecule has 1 aliphatic rings. The van der Waals surface area contributed by atoms with E-state index >= 15 is 0 Å². The summed E-state index contributed by atoms with van der Waals surface area (Å²) in [6.07, 6.45) is 6.30. The average molecular weight is 340 g/mol. The maximum Gasteiger partial charge on any atom is 0.248 e. The van der Waals surface area contributed by atoms with Crippen LogP contribution in [0, 0.1) is 0 Å². The van der Waals surface area contributed by atoms with Gasteiger partial charge in [-0.15, -0.1) is 0 Å². The summed E-state index contributed by atoms with van der Waals surface area (Å²) in [7, 11) is 1.70. The summed E-state index contributed by atoms with van der Waals surface area (Å²) in [6.45, 7) is 4.56. The minimum Gasteiger partial charge on any atom is -0.497 e. The maximum absolute atomic E-state index is 11.5. The Morgan fingerprint density at radius 3 is 2.56 bits per heavy atom. The molecule has 1 aromatic carbocycles. The first kappa shape index (κ1) is 17.7. The number of nitrogens with one attached hydrogen (secondary N) is 1. The quantitative estimate of drug-likeness (QED) is 0.874. The van der Waals surface area contributed by atoms with E-state index in [1.165, 1.54) is 17.5 Å². The Bertz CT molecular complexity index is 715. The molecule has 1 aliphatic heterocycles. The largest absolute Gasteiger partial charge is 0.497 e. The zero-order valence-corrected chi connectivity index (χ0v) is 15.2. The smallest absolute Gasteiger partial charge is 0.248 e. The number of nitrogens with zero attached hydrogens (tertiary/aromatic N) is 1. The minimum atomic E-state index is 0.00721. The van der Waals surface area contributed by atoms with E-state index in [4.69, 9.17) is 4.74 Å². The molecule has 1 atom stereocenters. The van der Waals surface area contributed by atoms with Crippen LogP contribution in [0.25, 0.3) is 0 Å². The second-order valence-corrected chi connectivity index (χ2v) is 7.03. The number of benzene rings is 1. The standard InChI is InChI=1S/C21H28N2O2/c1-16(3-4-17-5-7-20(25-2)8-6-17)23-13-10-18(11-14-23)19-9-12-22-21(24)15-19/h5-9,12,15-16,18H,3-4,10-11,13-14H2,1-2H3,(H,22,24). The summed E-state index contributed by atoms with van der Waals surface area (Å²) in [5, 5.41) is 0. The first-order valence-electron chi connectivity index (χ1n) is 9.21. The number of likely N-dealkylation sites (tertiary alicyclic amines) is 1. The molecule has 3 rings (SSSR count). The van der Waals surface area contributed by atoms with Crippen molar-refractivity contribution >= 4 is 0 Å². The van der Waals surface area contributed by atoms with E-state index in [2.05, 4.69) is 35.0 Å². The number of ether oxygens (including phenoxy) is 1. The van der Waals surface area contributed by atoms with Crippen LogP contribution >= 0.6 is 0 Å². The fraction of sp³-hybridized carbons (Fsp3) is 0.476. The van der Waals surface area contributed by atoms with Crippen LogP contribution in [0.1, 0.15) is 43.2 Å². The van der Waals surface area contributed by atoms with Gasteiger partial charge in [0.15, 0.2) is 0 Å². The topological polar surface area (TPSA) is 45.3 Å². The van der Waals surface area contributed by atoms with E-state index in [1.807, 2.05) is 12.1 Å². The third-order valence-corrected chi connectivity index (χ3v) is 5.43. The molecule has 2 aromatic rings. The van der Waals surface area contributed by atoms with Gasteiger partial charge in [0, 0.05) is 18.3 Å². The molecule has 4 nitrogen and oxygen atoms in total. The number of methoxy groups -OCH3 is 1. The number of pyridine rings is 1. The second kappa shape index (κ2) is 8.34. The van der Waals surface area contributed by atoms with Gasteiger partial charge in [0.05, 0.1) is 7.11 Å². The van der Waals surface area contributed by atoms with Crippen LogP contribution in [-0.2, 0) is 6.42 Å². The van der Waals surface area contributed by atoms with Crippen molar-refractivity contribution in [3.8, 4) is 5.75 Å². The van der Waals surface area contributed by atoms with Crippen LogP contribution in [0.3, 0.4) is 0 Å². The highest BCUT2D eigenvalue weighted by Crippen LogP contribution is 2.28. The Hall–Kier alpha value is -2.07. The highest BCUT2D eigenvalue weighted by Gasteiger charge is 2.23. The highest BCUT2D eigenvalue weighted by molar-refractivity contribution is 5.27. The number of hydrogen-bond acceptors (Lipinski definition) is 3. The fourth-order valence-electron chi connectivity index (χ4n) is 3.74. The normalized spacial score (nSPS) is 17.4. The summed E-state index contributed by atoms with van der Waals surface area (Å²) >= 11 is 0. The molecule has 0 spiro atoms. The number of hydrogen-bond donors (Lipinski definition) is 1. The summed E-state index contributed by atoms with van der Waals surface area (Å²) in [4.78, 5) is 16.8. The Labute approximate surface area is 149 Å². The summed E-state index contributed by atoms with van der Waals surface area (Å²) < 4.78 is 5.21. The average Bonchev–Trinajstić information content (AvgIpc) is 2.66. The van der Waals surface area contributed by atoms with Gasteiger partial charge in [-0.05, 0) is 80.9 Å². The van der Waals surface area contributed by atoms with Crippen molar-refractivity contribution in [1.29, 1.82) is 0 Å². The first-order chi connectivity index (χ1) is 12.2. The molecule has 0 radical (unpaired) electrons. The Kier molecular flexibility index (Phi) is 5.92. The molecule has 1 fully saturated rings. The number of aromatic amines is 1. The van der Waals surface area contributed by atoms with Gasteiger partial charge < -0.3 is 14.6 Å². The van der Waals surface area contributed by atoms with E-state index in [1.54, 1.807) is 19.4 Å². The molecule has 0 bridgehead atoms. The van der Waals surface area contributed by atoms with E-state index in [-0.39, 0.29) is 5.56 Å². The van der Waals surface area contributed by atoms with Crippen molar-refractivity contribution < 1.29 is 4.74 Å². The van der Waals surface area contributed by atoms with Crippen molar-refractivity contribution in [2.45, 2.75) is 44.6 Å². The molecule has 4 heteroatoms. The minimum absolute atomic E-state index is 0.00721. The lowest BCUT2D eigenvalue weighted by Gasteiger charge is -2.36. The van der Waals surface area contributed by atoms with Crippen LogP contribution in [0.2, 0.25) is 0 Å². The highest BCUT2D eigenvalue weighted by atomic mass is 16.5. The van der Waals surface area contributed by atoms with E-state index < -0.39 is 0 Å². The van der Waals surface area contributed by atoms with Gasteiger partial charge in [0.1, 0.15) is 5.75 Å². The molecular formula is C21H28N2O2. The molecule has 0 amide bonds. The summed E-state index contributed by atoms with van der Waals surface area (Å²) in [6, 6.07) is 12.8. The summed E-state index contributed by atoms with van der Waals surface area (Å²) in [5.74, 6) is 1.44. The predicted molar refractivity (Wildman–Crippen MR) is 101 cm³/mol. The molecule has 1 unspecified atom stereocenters. The van der Waals surface area contributed by atoms with E-state index in [0.717, 1.165) is 38.1 Å². The van der Waals surface area contributed by atoms with Gasteiger partial charge in [0.25, 0.3) is 0 Å². The van der Waals surface area contributed by atoms with Crippen LogP contribution in [-0.4, -0.2) is 36.1 Å². The number of rotatable bonds is 6. The number of aromatic nitrogens is 1. The van der Waals surface area contributed by atoms with Gasteiger partial charge in [-0.1, -0.05) is 12.1 Å². The molecule has 0 saturated carbocycles. The Morgan fingerprint density at radius 2 is 1.92 bits per heavy atom. The van der Waals surface area contributed by atoms with E-state index in [0.29, 0.717) is 12.0 Å². The third-order valence-electron chi connectivity index (χ3n) is 5.43. The lowest BCUT2D eigenvalue weighted by Crippen LogP contribution is -2.39. The second-order valence-electron chi connectivity index (χ2n) is 7.03. The molecule has 1 N–H and O–H groups in total. The molecule has 2 heterocycles. The lowest BCUT2D eigenvalue weighted by atomic mass is 9.89. The SMILES string of the molecule is COc1ccc(CCC(C)N2CCC(c3cc[nH]c(=O)c3)CC2)cc1. The molecular weight excluding hydrogens is 312 g/mol. The van der Waals surface area contributed by atoms with Gasteiger partial charge in [-0.3, -0.25) is 4.79 Å². The van der Waals surface area contributed by atoms with Crippen molar-refractivity contribution in [2.24, 2.45) is 0 Å². The predicted octanol–water partition coefficient (Wildman–Crippen LogP) is 3.58. The Balaban J connectivity index is 1.47. The zero-order chi connectivity index (χ0) is 17.6. The van der Waals surface area contributed by atoms with Crippen molar-refractivity contribution in [3.05, 3.63) is 64.1 Å². The van der Waals surface area contributed by atoms with Crippen molar-refractivity contribution in [1.82, 2.24) is 9.88 Å². The molecule has 1 aromatic heterocycles. The first-order valence-corrected chi connectivity index (χ1v) is 9.21. The van der Waals surface area contributed by atoms with Gasteiger partial charge in [-0.2, -0.15) is 0 Å². The van der Waals surface area contributed by atoms with Crippen LogP contribution in [0.15, 0.2) is 47.4 Å². The van der Waals surface area contributed by atoms with Gasteiger partial charge >= 0.3 is 0 Å². The van der Waals surface area contributed by atoms with Gasteiger partial charge in [-0.25, -0.2) is 0 Å². The maximum atomic E-state index is 11.5. The van der Waals surface area contributed by atoms with Crippen LogP contribution < -0.4 is 10.3 Å². The van der Waals surface area contributed by atoms with Crippen molar-refractivity contribution in [2.75, 3.05) is 20.2 Å². The number of aryl methyl sites for hydroxylation is 1. The molecule has 1 saturated heterocycles. The van der Waals surface area contributed by atoms with E-state index in [9.17, 15) is 4.79 Å². The summed E-state index contributed by atoms with van der Waals surface area (Å²) in [5.41, 5.74) is 2.56. The van der Waals surface area contributed by atoms with Crippen LogP contribution in [0.5, 0.6) is 5.75 Å².